The van der Waals surface area contributed by atoms with E-state index in [9.17, 15) is 9.50 Å². The molecule has 0 saturated heterocycles. The number of aromatic hydroxyl groups is 1. The lowest BCUT2D eigenvalue weighted by Crippen LogP contribution is -2.27. The van der Waals surface area contributed by atoms with Crippen LogP contribution in [0.5, 0.6) is 5.75 Å². The zero-order valence-electron chi connectivity index (χ0n) is 11.1. The molecule has 2 nitrogen and oxygen atoms in total. The van der Waals surface area contributed by atoms with Crippen LogP contribution in [0.15, 0.2) is 30.3 Å². The minimum absolute atomic E-state index is 0.255. The maximum Gasteiger partial charge on any atom is 0.165 e. The summed E-state index contributed by atoms with van der Waals surface area (Å²) in [4.78, 5) is 2.64. The first-order valence-electron chi connectivity index (χ1n) is 6.31. The van der Waals surface area contributed by atoms with Gasteiger partial charge in [0.1, 0.15) is 0 Å². The SMILES string of the molecule is Cc1ccc(CC(C)NCc2cccc(F)c2O)s1. The van der Waals surface area contributed by atoms with Gasteiger partial charge < -0.3 is 10.4 Å². The summed E-state index contributed by atoms with van der Waals surface area (Å²) in [5.41, 5.74) is 0.592. The van der Waals surface area contributed by atoms with Crippen LogP contribution < -0.4 is 5.32 Å². The number of hydrogen-bond donors (Lipinski definition) is 2. The van der Waals surface area contributed by atoms with Gasteiger partial charge in [-0.25, -0.2) is 4.39 Å². The van der Waals surface area contributed by atoms with Gasteiger partial charge in [-0.3, -0.25) is 0 Å². The van der Waals surface area contributed by atoms with Crippen LogP contribution in [0.3, 0.4) is 0 Å². The van der Waals surface area contributed by atoms with E-state index in [2.05, 4.69) is 31.3 Å². The van der Waals surface area contributed by atoms with Crippen molar-refractivity contribution in [1.82, 2.24) is 5.32 Å². The first kappa shape index (κ1) is 14.0. The Morgan fingerprint density at radius 1 is 1.32 bits per heavy atom. The lowest BCUT2D eigenvalue weighted by molar-refractivity contribution is 0.420. The monoisotopic (exact) mass is 279 g/mol. The van der Waals surface area contributed by atoms with E-state index >= 15 is 0 Å². The lowest BCUT2D eigenvalue weighted by atomic mass is 10.1. The van der Waals surface area contributed by atoms with Crippen LogP contribution in [-0.2, 0) is 13.0 Å². The topological polar surface area (TPSA) is 32.3 Å². The predicted molar refractivity (Wildman–Crippen MR) is 77.1 cm³/mol. The number of phenols is 1. The Morgan fingerprint density at radius 3 is 2.79 bits per heavy atom. The summed E-state index contributed by atoms with van der Waals surface area (Å²) in [5, 5.41) is 12.9. The third-order valence-corrected chi connectivity index (χ3v) is 4.04. The highest BCUT2D eigenvalue weighted by Crippen LogP contribution is 2.21. The van der Waals surface area contributed by atoms with Crippen LogP contribution in [0.4, 0.5) is 4.39 Å². The van der Waals surface area contributed by atoms with Crippen molar-refractivity contribution in [3.05, 3.63) is 51.5 Å². The Kier molecular flexibility index (Phi) is 4.56. The molecular weight excluding hydrogens is 261 g/mol. The van der Waals surface area contributed by atoms with Gasteiger partial charge in [0.25, 0.3) is 0 Å². The average Bonchev–Trinajstić information content (AvgIpc) is 2.76. The summed E-state index contributed by atoms with van der Waals surface area (Å²) >= 11 is 1.79. The molecule has 2 N–H and O–H groups in total. The maximum absolute atomic E-state index is 13.2. The molecule has 19 heavy (non-hydrogen) atoms. The highest BCUT2D eigenvalue weighted by molar-refractivity contribution is 7.11. The number of thiophene rings is 1. The fraction of sp³-hybridized carbons (Fsp3) is 0.333. The zero-order valence-corrected chi connectivity index (χ0v) is 11.9. The Bertz CT molecular complexity index is 553. The van der Waals surface area contributed by atoms with E-state index in [0.29, 0.717) is 12.1 Å². The van der Waals surface area contributed by atoms with Crippen LogP contribution in [0.25, 0.3) is 0 Å². The molecule has 102 valence electrons. The van der Waals surface area contributed by atoms with E-state index in [1.54, 1.807) is 23.5 Å². The Hall–Kier alpha value is -1.39. The van der Waals surface area contributed by atoms with Gasteiger partial charge in [-0.1, -0.05) is 12.1 Å². The molecule has 0 amide bonds. The number of hydrogen-bond acceptors (Lipinski definition) is 3. The smallest absolute Gasteiger partial charge is 0.165 e. The molecule has 0 aliphatic heterocycles. The van der Waals surface area contributed by atoms with Gasteiger partial charge in [0, 0.05) is 27.9 Å². The molecule has 1 heterocycles. The lowest BCUT2D eigenvalue weighted by Gasteiger charge is -2.13. The largest absolute Gasteiger partial charge is 0.505 e. The molecule has 2 rings (SSSR count). The fourth-order valence-electron chi connectivity index (χ4n) is 1.96. The average molecular weight is 279 g/mol. The van der Waals surface area contributed by atoms with Gasteiger partial charge >= 0.3 is 0 Å². The van der Waals surface area contributed by atoms with E-state index in [1.807, 2.05) is 0 Å². The molecule has 0 spiro atoms. The molecule has 4 heteroatoms. The van der Waals surface area contributed by atoms with Gasteiger partial charge in [0.2, 0.25) is 0 Å². The fourth-order valence-corrected chi connectivity index (χ4v) is 2.97. The Morgan fingerprint density at radius 2 is 2.11 bits per heavy atom. The number of aryl methyl sites for hydroxylation is 1. The molecule has 2 aromatic rings. The van der Waals surface area contributed by atoms with Gasteiger partial charge in [0.05, 0.1) is 0 Å². The van der Waals surface area contributed by atoms with Crippen molar-refractivity contribution in [2.45, 2.75) is 32.9 Å². The van der Waals surface area contributed by atoms with Crippen molar-refractivity contribution >= 4 is 11.3 Å². The molecule has 0 aliphatic rings. The molecule has 1 aromatic carbocycles. The molecule has 0 saturated carbocycles. The first-order chi connectivity index (χ1) is 9.06. The number of halogens is 1. The van der Waals surface area contributed by atoms with E-state index < -0.39 is 5.82 Å². The Balaban J connectivity index is 1.89. The quantitative estimate of drug-likeness (QED) is 0.876. The summed E-state index contributed by atoms with van der Waals surface area (Å²) in [6, 6.07) is 9.13. The maximum atomic E-state index is 13.2. The predicted octanol–water partition coefficient (Wildman–Crippen LogP) is 3.62. The molecule has 1 atom stereocenters. The van der Waals surface area contributed by atoms with Gasteiger partial charge in [-0.2, -0.15) is 0 Å². The highest BCUT2D eigenvalue weighted by Gasteiger charge is 2.09. The second kappa shape index (κ2) is 6.17. The van der Waals surface area contributed by atoms with Crippen molar-refractivity contribution in [2.24, 2.45) is 0 Å². The normalized spacial score (nSPS) is 12.6. The van der Waals surface area contributed by atoms with Gasteiger partial charge in [-0.15, -0.1) is 11.3 Å². The third-order valence-electron chi connectivity index (χ3n) is 3.01. The van der Waals surface area contributed by atoms with E-state index in [4.69, 9.17) is 0 Å². The van der Waals surface area contributed by atoms with E-state index in [-0.39, 0.29) is 11.8 Å². The van der Waals surface area contributed by atoms with Crippen molar-refractivity contribution in [3.63, 3.8) is 0 Å². The first-order valence-corrected chi connectivity index (χ1v) is 7.13. The highest BCUT2D eigenvalue weighted by atomic mass is 32.1. The summed E-state index contributed by atoms with van der Waals surface area (Å²) in [6.07, 6.45) is 0.939. The number of rotatable bonds is 5. The van der Waals surface area contributed by atoms with Crippen LogP contribution in [0.1, 0.15) is 22.2 Å². The Labute approximate surface area is 116 Å². The molecule has 1 aromatic heterocycles. The number of para-hydroxylation sites is 1. The molecule has 0 bridgehead atoms. The minimum Gasteiger partial charge on any atom is -0.505 e. The van der Waals surface area contributed by atoms with Crippen molar-refractivity contribution in [1.29, 1.82) is 0 Å². The summed E-state index contributed by atoms with van der Waals surface area (Å²) in [6.45, 7) is 4.65. The van der Waals surface area contributed by atoms with E-state index in [1.165, 1.54) is 15.8 Å². The molecule has 0 aliphatic carbocycles. The molecule has 1 unspecified atom stereocenters. The minimum atomic E-state index is -0.569. The van der Waals surface area contributed by atoms with Crippen molar-refractivity contribution in [2.75, 3.05) is 0 Å². The van der Waals surface area contributed by atoms with Crippen molar-refractivity contribution < 1.29 is 9.50 Å². The summed E-state index contributed by atoms with van der Waals surface area (Å²) in [7, 11) is 0. The van der Waals surface area contributed by atoms with Crippen LogP contribution in [0, 0.1) is 12.7 Å². The number of benzene rings is 1. The summed E-state index contributed by atoms with van der Waals surface area (Å²) in [5.74, 6) is -0.824. The molecule has 0 fully saturated rings. The third kappa shape index (κ3) is 3.78. The standard InChI is InChI=1S/C15H18FNOS/c1-10(8-13-7-6-11(2)19-13)17-9-12-4-3-5-14(16)15(12)18/h3-7,10,17-18H,8-9H2,1-2H3. The number of nitrogens with one attached hydrogen (secondary N) is 1. The second-order valence-electron chi connectivity index (χ2n) is 4.75. The second-order valence-corrected chi connectivity index (χ2v) is 6.12. The zero-order chi connectivity index (χ0) is 13.8. The van der Waals surface area contributed by atoms with Crippen molar-refractivity contribution in [3.8, 4) is 5.75 Å². The van der Waals surface area contributed by atoms with Crippen LogP contribution >= 0.6 is 11.3 Å². The molecular formula is C15H18FNOS. The molecule has 0 radical (unpaired) electrons. The van der Waals surface area contributed by atoms with Gasteiger partial charge in [-0.05, 0) is 38.5 Å². The van der Waals surface area contributed by atoms with Gasteiger partial charge in [0.15, 0.2) is 11.6 Å². The van der Waals surface area contributed by atoms with E-state index in [0.717, 1.165) is 6.42 Å². The van der Waals surface area contributed by atoms with Crippen LogP contribution in [-0.4, -0.2) is 11.1 Å². The summed E-state index contributed by atoms with van der Waals surface area (Å²) < 4.78 is 13.2. The number of phenolic OH excluding ortho intramolecular Hbond substituents is 1. The van der Waals surface area contributed by atoms with Crippen LogP contribution in [0.2, 0.25) is 0 Å².